The van der Waals surface area contributed by atoms with Crippen molar-refractivity contribution >= 4 is 15.7 Å². The Balaban J connectivity index is 0. The molecule has 1 unspecified atom stereocenters. The first-order valence-electron chi connectivity index (χ1n) is 6.96. The van der Waals surface area contributed by atoms with Crippen molar-refractivity contribution in [2.24, 2.45) is 0 Å². The smallest absolute Gasteiger partial charge is 0.290 e. The fourth-order valence-electron chi connectivity index (χ4n) is 1.96. The standard InChI is InChI=1S/C13H29P.CH2O2/c1-4-7-10-13(14,11-8-5-2)12-9-6-3;2-1-3/h4-12,14H2,1-3H3;1H,(H,2,3). The largest absolute Gasteiger partial charge is 0.483 e. The number of carbonyl (C=O) groups is 1. The Morgan fingerprint density at radius 1 is 0.941 bits per heavy atom. The molecule has 0 aromatic rings. The molecule has 0 saturated heterocycles. The molecule has 0 heterocycles. The molecule has 0 spiro atoms. The van der Waals surface area contributed by atoms with Gasteiger partial charge in [0.15, 0.2) is 0 Å². The average molecular weight is 262 g/mol. The number of hydrogen-bond acceptors (Lipinski definition) is 1. The van der Waals surface area contributed by atoms with Gasteiger partial charge < -0.3 is 5.11 Å². The first-order chi connectivity index (χ1) is 8.10. The normalized spacial score (nSPS) is 10.6. The van der Waals surface area contributed by atoms with Gasteiger partial charge in [-0.1, -0.05) is 59.3 Å². The molecule has 1 atom stereocenters. The summed E-state index contributed by atoms with van der Waals surface area (Å²) in [5.74, 6) is 0. The minimum atomic E-state index is -0.250. The lowest BCUT2D eigenvalue weighted by molar-refractivity contribution is -0.122. The number of unbranched alkanes of at least 4 members (excludes halogenated alkanes) is 3. The van der Waals surface area contributed by atoms with E-state index in [1.165, 1.54) is 57.8 Å². The minimum Gasteiger partial charge on any atom is -0.483 e. The van der Waals surface area contributed by atoms with Gasteiger partial charge in [0, 0.05) is 0 Å². The van der Waals surface area contributed by atoms with E-state index in [-0.39, 0.29) is 6.47 Å². The predicted octanol–water partition coefficient (Wildman–Crippen LogP) is 4.87. The first-order valence-corrected chi connectivity index (χ1v) is 7.54. The highest BCUT2D eigenvalue weighted by Crippen LogP contribution is 2.36. The average Bonchev–Trinajstić information content (AvgIpc) is 2.33. The van der Waals surface area contributed by atoms with E-state index in [1.807, 2.05) is 0 Å². The van der Waals surface area contributed by atoms with Crippen LogP contribution in [-0.2, 0) is 4.79 Å². The van der Waals surface area contributed by atoms with Gasteiger partial charge >= 0.3 is 0 Å². The Labute approximate surface area is 110 Å². The highest BCUT2D eigenvalue weighted by Gasteiger charge is 2.22. The molecule has 0 aromatic heterocycles. The second-order valence-electron chi connectivity index (χ2n) is 4.78. The summed E-state index contributed by atoms with van der Waals surface area (Å²) in [7, 11) is 3.17. The Morgan fingerprint density at radius 2 is 1.18 bits per heavy atom. The molecule has 0 amide bonds. The Kier molecular flexibility index (Phi) is 15.8. The van der Waals surface area contributed by atoms with Crippen molar-refractivity contribution in [1.29, 1.82) is 0 Å². The Bertz CT molecular complexity index is 139. The van der Waals surface area contributed by atoms with E-state index in [0.29, 0.717) is 5.16 Å². The van der Waals surface area contributed by atoms with Crippen molar-refractivity contribution in [3.8, 4) is 0 Å². The molecule has 0 bridgehead atoms. The monoisotopic (exact) mass is 262 g/mol. The van der Waals surface area contributed by atoms with Gasteiger partial charge in [0.25, 0.3) is 6.47 Å². The summed E-state index contributed by atoms with van der Waals surface area (Å²) in [6.45, 7) is 6.64. The van der Waals surface area contributed by atoms with E-state index in [0.717, 1.165) is 0 Å². The van der Waals surface area contributed by atoms with Crippen LogP contribution in [0.1, 0.15) is 78.6 Å². The Morgan fingerprint density at radius 3 is 1.35 bits per heavy atom. The zero-order valence-electron chi connectivity index (χ0n) is 11.9. The SMILES string of the molecule is CCCCC(P)(CCCC)CCCC.O=CO. The second kappa shape index (κ2) is 14.0. The van der Waals surface area contributed by atoms with Gasteiger partial charge in [-0.15, -0.1) is 9.24 Å². The molecule has 0 aliphatic heterocycles. The fourth-order valence-corrected chi connectivity index (χ4v) is 2.57. The zero-order chi connectivity index (χ0) is 13.6. The highest BCUT2D eigenvalue weighted by molar-refractivity contribution is 7.19. The van der Waals surface area contributed by atoms with Gasteiger partial charge in [-0.3, -0.25) is 4.79 Å². The summed E-state index contributed by atoms with van der Waals surface area (Å²) < 4.78 is 0. The van der Waals surface area contributed by atoms with Gasteiger partial charge in [0.2, 0.25) is 0 Å². The molecule has 2 nitrogen and oxygen atoms in total. The maximum absolute atomic E-state index is 8.36. The molecule has 0 aliphatic rings. The van der Waals surface area contributed by atoms with E-state index < -0.39 is 0 Å². The van der Waals surface area contributed by atoms with Crippen LogP contribution >= 0.6 is 9.24 Å². The van der Waals surface area contributed by atoms with Crippen LogP contribution in [-0.4, -0.2) is 16.7 Å². The van der Waals surface area contributed by atoms with Gasteiger partial charge in [-0.05, 0) is 24.4 Å². The van der Waals surface area contributed by atoms with Crippen LogP contribution in [0.3, 0.4) is 0 Å². The van der Waals surface area contributed by atoms with Crippen molar-refractivity contribution in [2.45, 2.75) is 83.7 Å². The summed E-state index contributed by atoms with van der Waals surface area (Å²) >= 11 is 0. The third-order valence-corrected chi connectivity index (χ3v) is 3.95. The first kappa shape index (κ1) is 19.2. The van der Waals surface area contributed by atoms with Crippen molar-refractivity contribution in [3.63, 3.8) is 0 Å². The summed E-state index contributed by atoms with van der Waals surface area (Å²) in [5, 5.41) is 7.46. The number of hydrogen-bond donors (Lipinski definition) is 1. The molecular formula is C14H31O2P. The minimum absolute atomic E-state index is 0.250. The summed E-state index contributed by atoms with van der Waals surface area (Å²) in [6, 6.07) is 0. The van der Waals surface area contributed by atoms with Crippen LogP contribution in [0.15, 0.2) is 0 Å². The van der Waals surface area contributed by atoms with Crippen LogP contribution in [0.25, 0.3) is 0 Å². The van der Waals surface area contributed by atoms with Crippen LogP contribution in [0, 0.1) is 0 Å². The molecule has 17 heavy (non-hydrogen) atoms. The highest BCUT2D eigenvalue weighted by atomic mass is 31.0. The van der Waals surface area contributed by atoms with Crippen LogP contribution in [0.2, 0.25) is 0 Å². The zero-order valence-corrected chi connectivity index (χ0v) is 13.0. The van der Waals surface area contributed by atoms with E-state index in [1.54, 1.807) is 0 Å². The molecule has 104 valence electrons. The lowest BCUT2D eigenvalue weighted by Crippen LogP contribution is -2.20. The summed E-state index contributed by atoms with van der Waals surface area (Å²) in [5.41, 5.74) is 0. The molecule has 0 fully saturated rings. The summed E-state index contributed by atoms with van der Waals surface area (Å²) in [6.07, 6.45) is 12.5. The second-order valence-corrected chi connectivity index (χ2v) is 6.00. The maximum Gasteiger partial charge on any atom is 0.290 e. The molecule has 0 radical (unpaired) electrons. The number of rotatable bonds is 9. The van der Waals surface area contributed by atoms with Crippen molar-refractivity contribution in [1.82, 2.24) is 0 Å². The van der Waals surface area contributed by atoms with E-state index in [9.17, 15) is 0 Å². The molecular weight excluding hydrogens is 231 g/mol. The predicted molar refractivity (Wildman–Crippen MR) is 79.7 cm³/mol. The van der Waals surface area contributed by atoms with Crippen molar-refractivity contribution in [2.75, 3.05) is 0 Å². The molecule has 1 N–H and O–H groups in total. The molecule has 0 aromatic carbocycles. The quantitative estimate of drug-likeness (QED) is 0.475. The van der Waals surface area contributed by atoms with Gasteiger partial charge in [-0.25, -0.2) is 0 Å². The number of carboxylic acid groups (broad SMARTS) is 1. The van der Waals surface area contributed by atoms with Crippen LogP contribution in [0.4, 0.5) is 0 Å². The van der Waals surface area contributed by atoms with Gasteiger partial charge in [0.1, 0.15) is 0 Å². The van der Waals surface area contributed by atoms with E-state index in [2.05, 4.69) is 30.0 Å². The third kappa shape index (κ3) is 13.8. The topological polar surface area (TPSA) is 37.3 Å². The van der Waals surface area contributed by atoms with E-state index >= 15 is 0 Å². The van der Waals surface area contributed by atoms with Gasteiger partial charge in [0.05, 0.1) is 0 Å². The Hall–Kier alpha value is -0.100. The maximum atomic E-state index is 8.36. The molecule has 0 rings (SSSR count). The molecule has 0 saturated carbocycles. The molecule has 3 heteroatoms. The van der Waals surface area contributed by atoms with Crippen LogP contribution in [0.5, 0.6) is 0 Å². The third-order valence-electron chi connectivity index (χ3n) is 3.08. The van der Waals surface area contributed by atoms with Crippen molar-refractivity contribution in [3.05, 3.63) is 0 Å². The molecule has 0 aliphatic carbocycles. The lowest BCUT2D eigenvalue weighted by atomic mass is 9.90. The van der Waals surface area contributed by atoms with Crippen molar-refractivity contribution < 1.29 is 9.90 Å². The van der Waals surface area contributed by atoms with Crippen LogP contribution < -0.4 is 0 Å². The van der Waals surface area contributed by atoms with Gasteiger partial charge in [-0.2, -0.15) is 0 Å². The summed E-state index contributed by atoms with van der Waals surface area (Å²) in [4.78, 5) is 8.36. The van der Waals surface area contributed by atoms with E-state index in [4.69, 9.17) is 9.90 Å². The lowest BCUT2D eigenvalue weighted by Gasteiger charge is -2.29. The fraction of sp³-hybridized carbons (Fsp3) is 0.929.